The molecule has 3 rings (SSSR count). The van der Waals surface area contributed by atoms with Gasteiger partial charge in [-0.1, -0.05) is 0 Å². The van der Waals surface area contributed by atoms with Crippen molar-refractivity contribution in [1.82, 2.24) is 20.1 Å². The third kappa shape index (κ3) is 3.99. The van der Waals surface area contributed by atoms with Crippen molar-refractivity contribution in [3.05, 3.63) is 42.0 Å². The molecular weight excluding hydrogens is 338 g/mol. The highest BCUT2D eigenvalue weighted by atomic mass is 16.6. The molecule has 0 radical (unpaired) electrons. The summed E-state index contributed by atoms with van der Waals surface area (Å²) in [6.45, 7) is 3.68. The molecule has 2 heterocycles. The van der Waals surface area contributed by atoms with Crippen molar-refractivity contribution in [2.75, 3.05) is 31.7 Å². The highest BCUT2D eigenvalue weighted by Crippen LogP contribution is 2.23. The maximum Gasteiger partial charge on any atom is 0.338 e. The van der Waals surface area contributed by atoms with Gasteiger partial charge in [-0.15, -0.1) is 0 Å². The Labute approximate surface area is 150 Å². The van der Waals surface area contributed by atoms with E-state index in [9.17, 15) is 9.59 Å². The molecule has 1 aromatic heterocycles. The molecule has 0 unspecified atom stereocenters. The van der Waals surface area contributed by atoms with Gasteiger partial charge >= 0.3 is 12.0 Å². The minimum Gasteiger partial charge on any atom is -0.454 e. The lowest BCUT2D eigenvalue weighted by molar-refractivity contribution is -0.000870. The fraction of sp³-hybridized carbons (Fsp3) is 0.412. The van der Waals surface area contributed by atoms with Crippen LogP contribution < -0.4 is 10.2 Å². The van der Waals surface area contributed by atoms with Crippen LogP contribution in [0.15, 0.2) is 30.9 Å². The normalized spacial score (nSPS) is 15.0. The number of rotatable bonds is 7. The third-order valence-electron chi connectivity index (χ3n) is 4.06. The molecule has 1 fully saturated rings. The number of methoxy groups -OCH3 is 1. The molecule has 9 heteroatoms. The first-order valence-corrected chi connectivity index (χ1v) is 8.27. The highest BCUT2D eigenvalue weighted by Gasteiger charge is 2.24. The van der Waals surface area contributed by atoms with Crippen molar-refractivity contribution < 1.29 is 19.1 Å². The number of anilines is 1. The molecular formula is C17H21N5O4. The van der Waals surface area contributed by atoms with Gasteiger partial charge in [0.25, 0.3) is 0 Å². The molecule has 1 aliphatic heterocycles. The Morgan fingerprint density at radius 2 is 2.27 bits per heavy atom. The molecule has 26 heavy (non-hydrogen) atoms. The zero-order valence-corrected chi connectivity index (χ0v) is 14.7. The summed E-state index contributed by atoms with van der Waals surface area (Å²) in [5.74, 6) is -0.451. The smallest absolute Gasteiger partial charge is 0.338 e. The molecule has 1 saturated heterocycles. The van der Waals surface area contributed by atoms with Crippen LogP contribution in [0.1, 0.15) is 15.9 Å². The van der Waals surface area contributed by atoms with E-state index in [2.05, 4.69) is 15.4 Å². The Hall–Kier alpha value is -2.94. The fourth-order valence-corrected chi connectivity index (χ4v) is 2.85. The number of carbonyl (C=O) groups is 2. The Bertz CT molecular complexity index is 777. The van der Waals surface area contributed by atoms with Crippen LogP contribution in [0, 0.1) is 6.92 Å². The predicted molar refractivity (Wildman–Crippen MR) is 93.0 cm³/mol. The summed E-state index contributed by atoms with van der Waals surface area (Å²) >= 11 is 0. The van der Waals surface area contributed by atoms with Gasteiger partial charge in [0.2, 0.25) is 0 Å². The number of nitrogens with one attached hydrogen (secondary N) is 1. The molecule has 1 N–H and O–H groups in total. The van der Waals surface area contributed by atoms with Crippen molar-refractivity contribution in [2.24, 2.45) is 0 Å². The van der Waals surface area contributed by atoms with Gasteiger partial charge in [0.15, 0.2) is 0 Å². The number of aryl methyl sites for hydroxylation is 1. The van der Waals surface area contributed by atoms with Gasteiger partial charge in [-0.25, -0.2) is 19.3 Å². The number of esters is 1. The van der Waals surface area contributed by atoms with E-state index in [1.54, 1.807) is 41.2 Å². The number of carbonyl (C=O) groups excluding carboxylic acids is 2. The second-order valence-corrected chi connectivity index (χ2v) is 5.99. The highest BCUT2D eigenvalue weighted by molar-refractivity contribution is 5.96. The molecule has 2 amide bonds. The van der Waals surface area contributed by atoms with E-state index < -0.39 is 12.1 Å². The lowest BCUT2D eigenvalue weighted by Gasteiger charge is -2.19. The van der Waals surface area contributed by atoms with Crippen LogP contribution in [-0.2, 0) is 16.0 Å². The molecule has 0 aliphatic carbocycles. The number of nitrogens with zero attached hydrogens (tertiary/aromatic N) is 4. The Morgan fingerprint density at radius 1 is 1.42 bits per heavy atom. The second-order valence-electron chi connectivity index (χ2n) is 5.99. The number of benzene rings is 1. The number of ether oxygens (including phenoxy) is 2. The average molecular weight is 359 g/mol. The Morgan fingerprint density at radius 3 is 2.88 bits per heavy atom. The van der Waals surface area contributed by atoms with Gasteiger partial charge in [0, 0.05) is 25.9 Å². The zero-order chi connectivity index (χ0) is 18.5. The minimum absolute atomic E-state index is 0.128. The summed E-state index contributed by atoms with van der Waals surface area (Å²) in [5, 5.41) is 6.77. The number of urea groups is 1. The van der Waals surface area contributed by atoms with E-state index >= 15 is 0 Å². The number of aromatic nitrogens is 3. The average Bonchev–Trinajstić information content (AvgIpc) is 3.27. The molecule has 138 valence electrons. The monoisotopic (exact) mass is 359 g/mol. The lowest BCUT2D eigenvalue weighted by Crippen LogP contribution is -2.29. The molecule has 1 aliphatic rings. The van der Waals surface area contributed by atoms with E-state index in [1.807, 2.05) is 6.92 Å². The Balaban J connectivity index is 1.70. The Kier molecular flexibility index (Phi) is 5.47. The van der Waals surface area contributed by atoms with Crippen LogP contribution in [0.5, 0.6) is 0 Å². The summed E-state index contributed by atoms with van der Waals surface area (Å²) in [6.07, 6.45) is 2.48. The van der Waals surface area contributed by atoms with Crippen molar-refractivity contribution in [3.8, 4) is 0 Å². The first kappa shape index (κ1) is 17.9. The molecule has 1 aromatic carbocycles. The number of hydrogen-bond donors (Lipinski definition) is 1. The van der Waals surface area contributed by atoms with E-state index in [-0.39, 0.29) is 12.6 Å². The first-order chi connectivity index (χ1) is 12.6. The summed E-state index contributed by atoms with van der Waals surface area (Å²) in [6, 6.07) is 5.02. The summed E-state index contributed by atoms with van der Waals surface area (Å²) in [5.41, 5.74) is 2.04. The van der Waals surface area contributed by atoms with E-state index in [0.717, 1.165) is 11.3 Å². The molecule has 0 spiro atoms. The molecule has 0 saturated carbocycles. The fourth-order valence-electron chi connectivity index (χ4n) is 2.85. The largest absolute Gasteiger partial charge is 0.454 e. The molecule has 2 aromatic rings. The van der Waals surface area contributed by atoms with Gasteiger partial charge in [0.1, 0.15) is 18.8 Å². The van der Waals surface area contributed by atoms with Gasteiger partial charge in [-0.3, -0.25) is 4.90 Å². The first-order valence-electron chi connectivity index (χ1n) is 8.27. The van der Waals surface area contributed by atoms with Crippen LogP contribution in [-0.4, -0.2) is 59.7 Å². The second kappa shape index (κ2) is 7.96. The topological polar surface area (TPSA) is 98.6 Å². The maximum absolute atomic E-state index is 12.5. The van der Waals surface area contributed by atoms with Crippen molar-refractivity contribution in [1.29, 1.82) is 0 Å². The van der Waals surface area contributed by atoms with Crippen molar-refractivity contribution >= 4 is 17.7 Å². The predicted octanol–water partition coefficient (Wildman–Crippen LogP) is 0.988. The van der Waals surface area contributed by atoms with Gasteiger partial charge in [-0.2, -0.15) is 5.10 Å². The summed E-state index contributed by atoms with van der Waals surface area (Å²) in [4.78, 5) is 29.8. The van der Waals surface area contributed by atoms with Gasteiger partial charge < -0.3 is 14.8 Å². The van der Waals surface area contributed by atoms with Gasteiger partial charge in [-0.05, 0) is 30.7 Å². The van der Waals surface area contributed by atoms with Crippen LogP contribution in [0.25, 0.3) is 0 Å². The summed E-state index contributed by atoms with van der Waals surface area (Å²) in [7, 11) is 1.54. The van der Waals surface area contributed by atoms with Gasteiger partial charge in [0.05, 0.1) is 18.7 Å². The third-order valence-corrected chi connectivity index (χ3v) is 4.06. The number of amides is 2. The van der Waals surface area contributed by atoms with E-state index in [4.69, 9.17) is 9.47 Å². The van der Waals surface area contributed by atoms with Crippen LogP contribution in [0.4, 0.5) is 10.5 Å². The molecule has 9 nitrogen and oxygen atoms in total. The lowest BCUT2D eigenvalue weighted by atomic mass is 10.1. The number of hydrogen-bond acceptors (Lipinski definition) is 6. The SMILES string of the molecule is COC[C@H](Cn1cncn1)OC(=O)c1ccc(N2CCNC2=O)c(C)c1. The molecule has 0 bridgehead atoms. The van der Waals surface area contributed by atoms with E-state index in [1.165, 1.54) is 6.33 Å². The molecule has 1 atom stereocenters. The van der Waals surface area contributed by atoms with Crippen molar-refractivity contribution in [2.45, 2.75) is 19.6 Å². The maximum atomic E-state index is 12.5. The van der Waals surface area contributed by atoms with Crippen LogP contribution in [0.3, 0.4) is 0 Å². The van der Waals surface area contributed by atoms with E-state index in [0.29, 0.717) is 25.2 Å². The zero-order valence-electron chi connectivity index (χ0n) is 14.7. The quantitative estimate of drug-likeness (QED) is 0.740. The minimum atomic E-state index is -0.487. The van der Waals surface area contributed by atoms with Crippen LogP contribution in [0.2, 0.25) is 0 Å². The standard InChI is InChI=1S/C17H21N5O4/c1-12-7-13(3-4-15(12)22-6-5-19-17(22)24)16(23)26-14(9-25-2)8-21-11-18-10-20-21/h3-4,7,10-11,14H,5-6,8-9H2,1-2H3,(H,19,24)/t14-/m0/s1. The van der Waals surface area contributed by atoms with Crippen LogP contribution >= 0.6 is 0 Å². The summed E-state index contributed by atoms with van der Waals surface area (Å²) < 4.78 is 12.2. The van der Waals surface area contributed by atoms with Crippen molar-refractivity contribution in [3.63, 3.8) is 0 Å².